The lowest BCUT2D eigenvalue weighted by molar-refractivity contribution is -0.384. The Morgan fingerprint density at radius 1 is 1.48 bits per heavy atom. The van der Waals surface area contributed by atoms with E-state index in [1.165, 1.54) is 30.5 Å². The molecule has 0 aliphatic heterocycles. The minimum atomic E-state index is -0.500. The number of nitrogens with two attached hydrogens (primary N) is 1. The average Bonchev–Trinajstić information content (AvgIpc) is 2.84. The maximum Gasteiger partial charge on any atom is 0.269 e. The van der Waals surface area contributed by atoms with E-state index in [1.54, 1.807) is 0 Å². The Labute approximate surface area is 117 Å². The van der Waals surface area contributed by atoms with Gasteiger partial charge in [0.05, 0.1) is 11.1 Å². The van der Waals surface area contributed by atoms with Crippen LogP contribution in [-0.2, 0) is 11.3 Å². The zero-order chi connectivity index (χ0) is 15.2. The predicted molar refractivity (Wildman–Crippen MR) is 71.1 cm³/mol. The van der Waals surface area contributed by atoms with Crippen LogP contribution < -0.4 is 11.2 Å². The molecule has 21 heavy (non-hydrogen) atoms. The van der Waals surface area contributed by atoms with Crippen molar-refractivity contribution in [3.63, 3.8) is 0 Å². The summed E-state index contributed by atoms with van der Waals surface area (Å²) in [5, 5.41) is 24.7. The largest absolute Gasteiger partial charge is 0.365 e. The summed E-state index contributed by atoms with van der Waals surface area (Å²) in [5.41, 5.74) is 8.08. The van der Waals surface area contributed by atoms with Gasteiger partial charge in [-0.05, 0) is 22.9 Å². The van der Waals surface area contributed by atoms with E-state index in [1.807, 2.05) is 0 Å². The molecule has 1 aromatic heterocycles. The summed E-state index contributed by atoms with van der Waals surface area (Å²) >= 11 is 0. The molecule has 11 nitrogen and oxygen atoms in total. The van der Waals surface area contributed by atoms with Crippen LogP contribution in [0.3, 0.4) is 0 Å². The van der Waals surface area contributed by atoms with E-state index in [2.05, 4.69) is 25.9 Å². The van der Waals surface area contributed by atoms with Crippen molar-refractivity contribution in [2.24, 2.45) is 5.10 Å². The van der Waals surface area contributed by atoms with Gasteiger partial charge in [-0.2, -0.15) is 9.90 Å². The highest BCUT2D eigenvalue weighted by atomic mass is 16.6. The molecule has 0 aliphatic rings. The summed E-state index contributed by atoms with van der Waals surface area (Å²) < 4.78 is 0. The Bertz CT molecular complexity index is 678. The van der Waals surface area contributed by atoms with Crippen LogP contribution in [0.25, 0.3) is 0 Å². The quantitative estimate of drug-likeness (QED) is 0.419. The number of nitro benzene ring substituents is 1. The first-order valence-electron chi connectivity index (χ1n) is 5.64. The number of carbonyl (C=O) groups is 1. The lowest BCUT2D eigenvalue weighted by atomic mass is 10.2. The molecule has 2 aromatic rings. The number of rotatable bonds is 5. The minimum Gasteiger partial charge on any atom is -0.365 e. The molecule has 0 saturated heterocycles. The van der Waals surface area contributed by atoms with Gasteiger partial charge in [-0.25, -0.2) is 5.43 Å². The Kier molecular flexibility index (Phi) is 4.14. The van der Waals surface area contributed by atoms with E-state index >= 15 is 0 Å². The number of hydrogen-bond donors (Lipinski definition) is 2. The Balaban J connectivity index is 1.86. The third kappa shape index (κ3) is 4.05. The third-order valence-electron chi connectivity index (χ3n) is 2.26. The van der Waals surface area contributed by atoms with Gasteiger partial charge in [-0.15, -0.1) is 5.10 Å². The first kappa shape index (κ1) is 14.0. The molecule has 0 bridgehead atoms. The number of nitrogen functional groups attached to an aromatic ring is 1. The highest BCUT2D eigenvalue weighted by Crippen LogP contribution is 2.10. The molecule has 2 rings (SSSR count). The van der Waals surface area contributed by atoms with Gasteiger partial charge in [-0.1, -0.05) is 5.10 Å². The zero-order valence-electron chi connectivity index (χ0n) is 10.6. The third-order valence-corrected chi connectivity index (χ3v) is 2.26. The van der Waals surface area contributed by atoms with Gasteiger partial charge in [0.15, 0.2) is 0 Å². The van der Waals surface area contributed by atoms with Crippen molar-refractivity contribution in [2.75, 3.05) is 5.73 Å². The molecule has 1 heterocycles. The van der Waals surface area contributed by atoms with Crippen molar-refractivity contribution in [1.82, 2.24) is 25.6 Å². The molecule has 1 aromatic carbocycles. The molecular weight excluding hydrogens is 280 g/mol. The van der Waals surface area contributed by atoms with Crippen LogP contribution in [0, 0.1) is 10.1 Å². The summed E-state index contributed by atoms with van der Waals surface area (Å²) in [5.74, 6) is -0.497. The summed E-state index contributed by atoms with van der Waals surface area (Å²) in [6.07, 6.45) is 1.35. The van der Waals surface area contributed by atoms with E-state index in [0.717, 1.165) is 4.80 Å². The Morgan fingerprint density at radius 2 is 2.19 bits per heavy atom. The number of aromatic nitrogens is 4. The van der Waals surface area contributed by atoms with E-state index in [9.17, 15) is 14.9 Å². The SMILES string of the molecule is Nc1nnn(CC(=O)N/N=C/c2ccc([N+](=O)[O-])cc2)n1. The van der Waals surface area contributed by atoms with Gasteiger partial charge in [0.2, 0.25) is 0 Å². The minimum absolute atomic E-state index is 0.0222. The molecule has 0 aliphatic carbocycles. The second kappa shape index (κ2) is 6.18. The van der Waals surface area contributed by atoms with Crippen LogP contribution in [0.5, 0.6) is 0 Å². The first-order chi connectivity index (χ1) is 10.0. The van der Waals surface area contributed by atoms with Gasteiger partial charge in [0.25, 0.3) is 17.5 Å². The number of nitrogens with one attached hydrogen (secondary N) is 1. The number of nitrogens with zero attached hydrogens (tertiary/aromatic N) is 6. The average molecular weight is 290 g/mol. The van der Waals surface area contributed by atoms with Crippen LogP contribution in [-0.4, -0.2) is 37.3 Å². The van der Waals surface area contributed by atoms with Gasteiger partial charge in [-0.3, -0.25) is 14.9 Å². The molecule has 11 heteroatoms. The molecule has 108 valence electrons. The normalized spacial score (nSPS) is 10.7. The zero-order valence-corrected chi connectivity index (χ0v) is 10.6. The maximum atomic E-state index is 11.5. The highest BCUT2D eigenvalue weighted by Gasteiger charge is 2.05. The van der Waals surface area contributed by atoms with Crippen molar-refractivity contribution < 1.29 is 9.72 Å². The number of benzene rings is 1. The molecule has 1 amide bonds. The van der Waals surface area contributed by atoms with E-state index in [0.29, 0.717) is 5.56 Å². The standard InChI is InChI=1S/C10H10N8O3/c11-10-14-16-17(15-10)6-9(19)13-12-5-7-1-3-8(4-2-7)18(20)21/h1-5H,6H2,(H2,11,15)(H,13,19)/b12-5+. The number of hydrazone groups is 1. The van der Waals surface area contributed by atoms with Gasteiger partial charge in [0.1, 0.15) is 6.54 Å². The second-order valence-electron chi connectivity index (χ2n) is 3.82. The van der Waals surface area contributed by atoms with Crippen molar-refractivity contribution in [3.05, 3.63) is 39.9 Å². The monoisotopic (exact) mass is 290 g/mol. The predicted octanol–water partition coefficient (Wildman–Crippen LogP) is -0.686. The summed E-state index contributed by atoms with van der Waals surface area (Å²) in [7, 11) is 0. The van der Waals surface area contributed by atoms with Crippen molar-refractivity contribution >= 4 is 23.8 Å². The van der Waals surface area contributed by atoms with Gasteiger partial charge < -0.3 is 5.73 Å². The van der Waals surface area contributed by atoms with Crippen molar-refractivity contribution in [3.8, 4) is 0 Å². The number of hydrogen-bond acceptors (Lipinski definition) is 8. The summed E-state index contributed by atoms with van der Waals surface area (Å²) in [6, 6.07) is 5.69. The molecular formula is C10H10N8O3. The number of nitro groups is 1. The molecule has 3 N–H and O–H groups in total. The molecule has 0 saturated carbocycles. The molecule has 0 radical (unpaired) electrons. The second-order valence-corrected chi connectivity index (χ2v) is 3.82. The van der Waals surface area contributed by atoms with E-state index < -0.39 is 10.8 Å². The molecule has 0 spiro atoms. The summed E-state index contributed by atoms with van der Waals surface area (Å²) in [6.45, 7) is -0.179. The molecule has 0 atom stereocenters. The Morgan fingerprint density at radius 3 is 2.76 bits per heavy atom. The number of anilines is 1. The van der Waals surface area contributed by atoms with E-state index in [-0.39, 0.29) is 18.2 Å². The molecule has 0 fully saturated rings. The van der Waals surface area contributed by atoms with Crippen molar-refractivity contribution in [2.45, 2.75) is 6.54 Å². The fraction of sp³-hybridized carbons (Fsp3) is 0.100. The number of non-ortho nitro benzene ring substituents is 1. The van der Waals surface area contributed by atoms with Gasteiger partial charge in [0, 0.05) is 12.1 Å². The van der Waals surface area contributed by atoms with Crippen LogP contribution >= 0.6 is 0 Å². The topological polar surface area (TPSA) is 154 Å². The number of tetrazole rings is 1. The fourth-order valence-corrected chi connectivity index (χ4v) is 1.35. The van der Waals surface area contributed by atoms with Crippen LogP contribution in [0.1, 0.15) is 5.56 Å². The van der Waals surface area contributed by atoms with Crippen LogP contribution in [0.2, 0.25) is 0 Å². The summed E-state index contributed by atoms with van der Waals surface area (Å²) in [4.78, 5) is 22.5. The molecule has 0 unspecified atom stereocenters. The van der Waals surface area contributed by atoms with Crippen LogP contribution in [0.15, 0.2) is 29.4 Å². The maximum absolute atomic E-state index is 11.5. The van der Waals surface area contributed by atoms with Crippen LogP contribution in [0.4, 0.5) is 11.6 Å². The highest BCUT2D eigenvalue weighted by molar-refractivity contribution is 5.82. The number of amides is 1. The number of carbonyl (C=O) groups excluding carboxylic acids is 1. The van der Waals surface area contributed by atoms with E-state index in [4.69, 9.17) is 5.73 Å². The first-order valence-corrected chi connectivity index (χ1v) is 5.64. The van der Waals surface area contributed by atoms with Crippen molar-refractivity contribution in [1.29, 1.82) is 0 Å². The smallest absolute Gasteiger partial charge is 0.269 e. The lowest BCUT2D eigenvalue weighted by Crippen LogP contribution is -2.24. The lowest BCUT2D eigenvalue weighted by Gasteiger charge is -1.97. The Hall–Kier alpha value is -3.37. The van der Waals surface area contributed by atoms with Gasteiger partial charge >= 0.3 is 0 Å². The fourth-order valence-electron chi connectivity index (χ4n) is 1.35.